The van der Waals surface area contributed by atoms with Crippen LogP contribution in [0.2, 0.25) is 5.02 Å². The fraction of sp³-hybridized carbons (Fsp3) is 0.304. The number of benzene rings is 2. The van der Waals surface area contributed by atoms with Crippen LogP contribution in [0, 0.1) is 0 Å². The highest BCUT2D eigenvalue weighted by molar-refractivity contribution is 6.30. The molecule has 0 saturated carbocycles. The summed E-state index contributed by atoms with van der Waals surface area (Å²) < 4.78 is 5.59. The van der Waals surface area contributed by atoms with E-state index in [9.17, 15) is 4.79 Å². The molecule has 3 aromatic rings. The Morgan fingerprint density at radius 2 is 1.83 bits per heavy atom. The number of aromatic nitrogens is 1. The second kappa shape index (κ2) is 10.2. The molecule has 0 spiro atoms. The smallest absolute Gasteiger partial charge is 0.273 e. The zero-order valence-electron chi connectivity index (χ0n) is 16.8. The van der Waals surface area contributed by atoms with Gasteiger partial charge in [-0.1, -0.05) is 61.0 Å². The van der Waals surface area contributed by atoms with Gasteiger partial charge in [0.1, 0.15) is 6.26 Å². The standard InChI is InChI=1S/C23H26ClN3O2/c1-3-17(2)25-23(28)21-16-29-22(26-21)15-27(13-18-8-5-4-6-9-18)14-19-10-7-11-20(24)12-19/h4-12,16-17H,3,13-15H2,1-2H3,(H,25,28)/t17-/m0/s1. The maximum absolute atomic E-state index is 12.3. The van der Waals surface area contributed by atoms with Gasteiger partial charge in [-0.25, -0.2) is 4.98 Å². The lowest BCUT2D eigenvalue weighted by molar-refractivity contribution is 0.0934. The number of nitrogens with zero attached hydrogens (tertiary/aromatic N) is 2. The molecule has 0 unspecified atom stereocenters. The molecule has 1 heterocycles. The molecule has 29 heavy (non-hydrogen) atoms. The number of carbonyl (C=O) groups excluding carboxylic acids is 1. The minimum atomic E-state index is -0.209. The predicted octanol–water partition coefficient (Wildman–Crippen LogP) is 5.06. The lowest BCUT2D eigenvalue weighted by Crippen LogP contribution is -2.32. The summed E-state index contributed by atoms with van der Waals surface area (Å²) in [6.07, 6.45) is 2.29. The molecule has 0 saturated heterocycles. The summed E-state index contributed by atoms with van der Waals surface area (Å²) in [5, 5.41) is 3.62. The van der Waals surface area contributed by atoms with Crippen LogP contribution in [0.1, 0.15) is 47.8 Å². The van der Waals surface area contributed by atoms with Crippen molar-refractivity contribution in [3.63, 3.8) is 0 Å². The van der Waals surface area contributed by atoms with Gasteiger partial charge in [-0.05, 0) is 36.6 Å². The maximum Gasteiger partial charge on any atom is 0.273 e. The first kappa shape index (κ1) is 21.1. The highest BCUT2D eigenvalue weighted by Crippen LogP contribution is 2.17. The van der Waals surface area contributed by atoms with E-state index in [0.29, 0.717) is 29.7 Å². The van der Waals surface area contributed by atoms with Gasteiger partial charge in [0.05, 0.1) is 6.54 Å². The molecule has 5 nitrogen and oxygen atoms in total. The summed E-state index contributed by atoms with van der Waals surface area (Å²) in [5.41, 5.74) is 2.60. The Labute approximate surface area is 176 Å². The average molecular weight is 412 g/mol. The molecule has 1 N–H and O–H groups in total. The summed E-state index contributed by atoms with van der Waals surface area (Å²) in [6, 6.07) is 18.1. The summed E-state index contributed by atoms with van der Waals surface area (Å²) in [5.74, 6) is 0.302. The van der Waals surface area contributed by atoms with Crippen LogP contribution in [-0.4, -0.2) is 21.8 Å². The second-order valence-electron chi connectivity index (χ2n) is 7.17. The third-order valence-corrected chi connectivity index (χ3v) is 4.91. The van der Waals surface area contributed by atoms with E-state index in [1.54, 1.807) is 0 Å². The van der Waals surface area contributed by atoms with Crippen LogP contribution in [0.4, 0.5) is 0 Å². The number of nitrogens with one attached hydrogen (secondary N) is 1. The van der Waals surface area contributed by atoms with Crippen LogP contribution in [0.15, 0.2) is 65.3 Å². The summed E-state index contributed by atoms with van der Waals surface area (Å²) in [6.45, 7) is 5.89. The highest BCUT2D eigenvalue weighted by atomic mass is 35.5. The molecule has 0 aliphatic rings. The van der Waals surface area contributed by atoms with E-state index >= 15 is 0 Å². The van der Waals surface area contributed by atoms with Gasteiger partial charge in [-0.3, -0.25) is 9.69 Å². The third kappa shape index (κ3) is 6.44. The van der Waals surface area contributed by atoms with Crippen LogP contribution in [0.5, 0.6) is 0 Å². The Hall–Kier alpha value is -2.63. The van der Waals surface area contributed by atoms with Gasteiger partial charge in [0, 0.05) is 24.2 Å². The number of carbonyl (C=O) groups is 1. The highest BCUT2D eigenvalue weighted by Gasteiger charge is 2.17. The lowest BCUT2D eigenvalue weighted by Gasteiger charge is -2.21. The van der Waals surface area contributed by atoms with E-state index < -0.39 is 0 Å². The molecule has 0 aliphatic carbocycles. The number of rotatable bonds is 9. The van der Waals surface area contributed by atoms with Gasteiger partial charge in [0.25, 0.3) is 5.91 Å². The van der Waals surface area contributed by atoms with Gasteiger partial charge >= 0.3 is 0 Å². The Morgan fingerprint density at radius 3 is 2.55 bits per heavy atom. The molecule has 1 amide bonds. The fourth-order valence-electron chi connectivity index (χ4n) is 2.98. The van der Waals surface area contributed by atoms with Crippen molar-refractivity contribution in [2.24, 2.45) is 0 Å². The molecule has 0 radical (unpaired) electrons. The fourth-order valence-corrected chi connectivity index (χ4v) is 3.19. The van der Waals surface area contributed by atoms with E-state index in [4.69, 9.17) is 16.0 Å². The topological polar surface area (TPSA) is 58.4 Å². The molecule has 1 atom stereocenters. The molecule has 1 aromatic heterocycles. The van der Waals surface area contributed by atoms with Crippen molar-refractivity contribution in [2.45, 2.75) is 45.9 Å². The van der Waals surface area contributed by atoms with Crippen LogP contribution >= 0.6 is 11.6 Å². The molecule has 2 aromatic carbocycles. The summed E-state index contributed by atoms with van der Waals surface area (Å²) in [7, 11) is 0. The zero-order valence-corrected chi connectivity index (χ0v) is 17.5. The lowest BCUT2D eigenvalue weighted by atomic mass is 10.1. The zero-order chi connectivity index (χ0) is 20.6. The number of hydrogen-bond acceptors (Lipinski definition) is 4. The number of oxazole rings is 1. The normalized spacial score (nSPS) is 12.1. The Morgan fingerprint density at radius 1 is 1.10 bits per heavy atom. The Kier molecular flexibility index (Phi) is 7.44. The van der Waals surface area contributed by atoms with E-state index in [0.717, 1.165) is 18.5 Å². The molecule has 0 aliphatic heterocycles. The van der Waals surface area contributed by atoms with Crippen molar-refractivity contribution in [1.82, 2.24) is 15.2 Å². The van der Waals surface area contributed by atoms with Gasteiger partial charge < -0.3 is 9.73 Å². The first-order valence-electron chi connectivity index (χ1n) is 9.79. The predicted molar refractivity (Wildman–Crippen MR) is 115 cm³/mol. The quantitative estimate of drug-likeness (QED) is 0.534. The number of hydrogen-bond donors (Lipinski definition) is 1. The van der Waals surface area contributed by atoms with Crippen molar-refractivity contribution in [2.75, 3.05) is 0 Å². The van der Waals surface area contributed by atoms with Gasteiger partial charge in [-0.15, -0.1) is 0 Å². The largest absolute Gasteiger partial charge is 0.447 e. The van der Waals surface area contributed by atoms with Crippen molar-refractivity contribution < 1.29 is 9.21 Å². The molecular weight excluding hydrogens is 386 g/mol. The van der Waals surface area contributed by atoms with Crippen molar-refractivity contribution in [3.8, 4) is 0 Å². The number of amides is 1. The minimum Gasteiger partial charge on any atom is -0.447 e. The third-order valence-electron chi connectivity index (χ3n) is 4.68. The van der Waals surface area contributed by atoms with E-state index in [2.05, 4.69) is 27.3 Å². The molecule has 152 valence electrons. The minimum absolute atomic E-state index is 0.0973. The SMILES string of the molecule is CC[C@H](C)NC(=O)c1coc(CN(Cc2ccccc2)Cc2cccc(Cl)c2)n1. The van der Waals surface area contributed by atoms with Crippen molar-refractivity contribution in [3.05, 3.63) is 88.6 Å². The second-order valence-corrected chi connectivity index (χ2v) is 7.61. The maximum atomic E-state index is 12.3. The Balaban J connectivity index is 1.73. The summed E-state index contributed by atoms with van der Waals surface area (Å²) in [4.78, 5) is 18.9. The van der Waals surface area contributed by atoms with Crippen molar-refractivity contribution in [1.29, 1.82) is 0 Å². The summed E-state index contributed by atoms with van der Waals surface area (Å²) >= 11 is 6.15. The number of halogens is 1. The van der Waals surface area contributed by atoms with Crippen molar-refractivity contribution >= 4 is 17.5 Å². The van der Waals surface area contributed by atoms with Gasteiger partial charge in [0.15, 0.2) is 5.69 Å². The average Bonchev–Trinajstić information content (AvgIpc) is 3.17. The van der Waals surface area contributed by atoms with Crippen LogP contribution in [0.25, 0.3) is 0 Å². The van der Waals surface area contributed by atoms with E-state index in [-0.39, 0.29) is 11.9 Å². The first-order chi connectivity index (χ1) is 14.0. The monoisotopic (exact) mass is 411 g/mol. The van der Waals surface area contributed by atoms with E-state index in [1.807, 2.05) is 56.3 Å². The Bertz CT molecular complexity index is 927. The molecular formula is C23H26ClN3O2. The molecule has 0 fully saturated rings. The molecule has 6 heteroatoms. The van der Waals surface area contributed by atoms with E-state index in [1.165, 1.54) is 11.8 Å². The van der Waals surface area contributed by atoms with Gasteiger partial charge in [-0.2, -0.15) is 0 Å². The van der Waals surface area contributed by atoms with Crippen LogP contribution in [-0.2, 0) is 19.6 Å². The van der Waals surface area contributed by atoms with Crippen LogP contribution < -0.4 is 5.32 Å². The molecule has 0 bridgehead atoms. The molecule has 3 rings (SSSR count). The van der Waals surface area contributed by atoms with Gasteiger partial charge in [0.2, 0.25) is 5.89 Å². The first-order valence-corrected chi connectivity index (χ1v) is 10.2. The van der Waals surface area contributed by atoms with Crippen LogP contribution in [0.3, 0.4) is 0 Å².